The van der Waals surface area contributed by atoms with Crippen LogP contribution >= 0.6 is 0 Å². The Bertz CT molecular complexity index is 1300. The van der Waals surface area contributed by atoms with Crippen LogP contribution in [0.3, 0.4) is 0 Å². The first-order chi connectivity index (χ1) is 13.7. The van der Waals surface area contributed by atoms with E-state index < -0.39 is 58.2 Å². The van der Waals surface area contributed by atoms with Gasteiger partial charge in [0.25, 0.3) is 10.1 Å². The molecule has 164 valence electrons. The van der Waals surface area contributed by atoms with Crippen LogP contribution < -0.4 is 5.73 Å². The van der Waals surface area contributed by atoms with Gasteiger partial charge in [0.1, 0.15) is 22.0 Å². The van der Waals surface area contributed by atoms with Gasteiger partial charge in [0.05, 0.1) is 17.3 Å². The number of azo groups is 1. The molecule has 0 saturated carbocycles. The SMILES string of the molecule is Nc1ccc(N=Nc2ccc(S(=O)(=O)CCOS(=O)(=O)O)cc2S(=O)(=O)O)c(O)c1. The highest BCUT2D eigenvalue weighted by Gasteiger charge is 2.23. The molecule has 13 nitrogen and oxygen atoms in total. The minimum atomic E-state index is -4.95. The standard InChI is InChI=1S/C14H15N3O10S3/c15-9-1-3-11(13(18)7-9)16-17-12-4-2-10(8-14(12)29(21,22)23)28(19,20)6-5-27-30(24,25)26/h1-4,7-8,18H,5-6,15H2,(H,21,22,23)(H,24,25,26). The molecule has 2 aromatic carbocycles. The molecule has 0 heterocycles. The zero-order chi connectivity index (χ0) is 22.7. The molecule has 0 radical (unpaired) electrons. The van der Waals surface area contributed by atoms with Gasteiger partial charge in [0.15, 0.2) is 9.84 Å². The largest absolute Gasteiger partial charge is 0.506 e. The molecule has 16 heteroatoms. The summed E-state index contributed by atoms with van der Waals surface area (Å²) in [5.41, 5.74) is 5.19. The number of hydrogen-bond acceptors (Lipinski definition) is 11. The summed E-state index contributed by atoms with van der Waals surface area (Å²) >= 11 is 0. The van der Waals surface area contributed by atoms with Gasteiger partial charge in [-0.3, -0.25) is 9.11 Å². The van der Waals surface area contributed by atoms with E-state index in [1.54, 1.807) is 0 Å². The summed E-state index contributed by atoms with van der Waals surface area (Å²) in [5.74, 6) is -1.28. The van der Waals surface area contributed by atoms with Gasteiger partial charge in [-0.25, -0.2) is 12.6 Å². The normalized spacial score (nSPS) is 13.0. The minimum absolute atomic E-state index is 0.0791. The Morgan fingerprint density at radius 3 is 2.07 bits per heavy atom. The van der Waals surface area contributed by atoms with Gasteiger partial charge in [-0.05, 0) is 30.3 Å². The van der Waals surface area contributed by atoms with Crippen LogP contribution in [-0.2, 0) is 34.5 Å². The predicted molar refractivity (Wildman–Crippen MR) is 103 cm³/mol. The Balaban J connectivity index is 2.41. The van der Waals surface area contributed by atoms with Gasteiger partial charge >= 0.3 is 10.4 Å². The third kappa shape index (κ3) is 6.44. The van der Waals surface area contributed by atoms with Crippen molar-refractivity contribution in [2.24, 2.45) is 10.2 Å². The maximum atomic E-state index is 12.2. The van der Waals surface area contributed by atoms with Gasteiger partial charge in [-0.15, -0.1) is 10.2 Å². The summed E-state index contributed by atoms with van der Waals surface area (Å²) in [7, 11) is -14.1. The van der Waals surface area contributed by atoms with Crippen molar-refractivity contribution in [2.45, 2.75) is 9.79 Å². The van der Waals surface area contributed by atoms with E-state index in [9.17, 15) is 34.9 Å². The number of sulfone groups is 1. The molecule has 0 aromatic heterocycles. The Hall–Kier alpha value is -2.63. The maximum Gasteiger partial charge on any atom is 0.397 e. The van der Waals surface area contributed by atoms with E-state index >= 15 is 0 Å². The second-order valence-corrected chi connectivity index (χ2v) is 10.2. The van der Waals surface area contributed by atoms with Crippen molar-refractivity contribution in [1.82, 2.24) is 0 Å². The van der Waals surface area contributed by atoms with Crippen LogP contribution in [0.25, 0.3) is 0 Å². The van der Waals surface area contributed by atoms with E-state index in [1.165, 1.54) is 18.2 Å². The fourth-order valence-electron chi connectivity index (χ4n) is 2.08. The molecule has 0 amide bonds. The summed E-state index contributed by atoms with van der Waals surface area (Å²) in [6.45, 7) is -0.930. The molecule has 30 heavy (non-hydrogen) atoms. The third-order valence-electron chi connectivity index (χ3n) is 3.42. The number of nitrogens with zero attached hydrogens (tertiary/aromatic N) is 2. The zero-order valence-corrected chi connectivity index (χ0v) is 17.2. The summed E-state index contributed by atoms with van der Waals surface area (Å²) in [6, 6.07) is 6.31. The van der Waals surface area contributed by atoms with Crippen LogP contribution in [0.1, 0.15) is 0 Å². The summed E-state index contributed by atoms with van der Waals surface area (Å²) in [5, 5.41) is 17.0. The molecule has 0 spiro atoms. The second kappa shape index (κ2) is 8.62. The fraction of sp³-hybridized carbons (Fsp3) is 0.143. The van der Waals surface area contributed by atoms with Gasteiger partial charge in [0.2, 0.25) is 0 Å². The van der Waals surface area contributed by atoms with Crippen molar-refractivity contribution < 1.29 is 43.6 Å². The Morgan fingerprint density at radius 2 is 1.50 bits per heavy atom. The van der Waals surface area contributed by atoms with Gasteiger partial charge in [-0.1, -0.05) is 0 Å². The summed E-state index contributed by atoms with van der Waals surface area (Å²) in [4.78, 5) is -1.50. The van der Waals surface area contributed by atoms with E-state index in [0.29, 0.717) is 6.07 Å². The molecule has 0 atom stereocenters. The molecule has 2 rings (SSSR count). The van der Waals surface area contributed by atoms with E-state index in [4.69, 9.17) is 10.3 Å². The number of benzene rings is 2. The lowest BCUT2D eigenvalue weighted by molar-refractivity contribution is 0.284. The monoisotopic (exact) mass is 481 g/mol. The van der Waals surface area contributed by atoms with Crippen molar-refractivity contribution in [1.29, 1.82) is 0 Å². The molecule has 0 unspecified atom stereocenters. The first-order valence-electron chi connectivity index (χ1n) is 7.65. The fourth-order valence-corrected chi connectivity index (χ4v) is 4.31. The number of hydrogen-bond donors (Lipinski definition) is 4. The van der Waals surface area contributed by atoms with Crippen molar-refractivity contribution in [2.75, 3.05) is 18.1 Å². The highest BCUT2D eigenvalue weighted by Crippen LogP contribution is 2.33. The lowest BCUT2D eigenvalue weighted by Gasteiger charge is -2.08. The molecule has 0 bridgehead atoms. The summed E-state index contributed by atoms with van der Waals surface area (Å²) in [6.07, 6.45) is 0. The number of phenols is 1. The van der Waals surface area contributed by atoms with Crippen LogP contribution in [0.2, 0.25) is 0 Å². The molecular formula is C14H15N3O10S3. The van der Waals surface area contributed by atoms with Crippen LogP contribution in [0.15, 0.2) is 56.4 Å². The first kappa shape index (κ1) is 23.6. The number of aromatic hydroxyl groups is 1. The molecule has 0 aliphatic carbocycles. The van der Waals surface area contributed by atoms with Gasteiger partial charge in [0, 0.05) is 11.8 Å². The lowest BCUT2D eigenvalue weighted by Crippen LogP contribution is -2.16. The van der Waals surface area contributed by atoms with Crippen molar-refractivity contribution in [3.63, 3.8) is 0 Å². The first-order valence-corrected chi connectivity index (χ1v) is 12.1. The molecule has 2 aromatic rings. The molecule has 5 N–H and O–H groups in total. The molecule has 0 aliphatic heterocycles. The molecule has 0 saturated heterocycles. The van der Waals surface area contributed by atoms with E-state index in [2.05, 4.69) is 14.4 Å². The van der Waals surface area contributed by atoms with Crippen LogP contribution in [0.5, 0.6) is 5.75 Å². The maximum absolute atomic E-state index is 12.2. The highest BCUT2D eigenvalue weighted by atomic mass is 32.3. The number of phenolic OH excluding ortho intramolecular Hbond substituents is 1. The van der Waals surface area contributed by atoms with Crippen molar-refractivity contribution in [3.05, 3.63) is 36.4 Å². The minimum Gasteiger partial charge on any atom is -0.506 e. The number of nitrogen functional groups attached to an aromatic ring is 1. The topological polar surface area (TPSA) is 223 Å². The smallest absolute Gasteiger partial charge is 0.397 e. The van der Waals surface area contributed by atoms with E-state index in [0.717, 1.165) is 12.1 Å². The number of anilines is 1. The molecule has 0 fully saturated rings. The number of nitrogens with two attached hydrogens (primary N) is 1. The lowest BCUT2D eigenvalue weighted by atomic mass is 10.2. The van der Waals surface area contributed by atoms with Crippen LogP contribution in [0.4, 0.5) is 17.1 Å². The third-order valence-corrected chi connectivity index (χ3v) is 6.44. The Morgan fingerprint density at radius 1 is 0.900 bits per heavy atom. The van der Waals surface area contributed by atoms with E-state index in [-0.39, 0.29) is 17.1 Å². The van der Waals surface area contributed by atoms with Crippen molar-refractivity contribution >= 4 is 47.4 Å². The average Bonchev–Trinajstić information content (AvgIpc) is 2.58. The molecular weight excluding hydrogens is 466 g/mol. The quantitative estimate of drug-likeness (QED) is 0.238. The van der Waals surface area contributed by atoms with Crippen LogP contribution in [0, 0.1) is 0 Å². The Labute approximate surface area is 171 Å². The average molecular weight is 481 g/mol. The number of rotatable bonds is 8. The zero-order valence-electron chi connectivity index (χ0n) is 14.8. The highest BCUT2D eigenvalue weighted by molar-refractivity contribution is 7.91. The predicted octanol–water partition coefficient (Wildman–Crippen LogP) is 1.23. The van der Waals surface area contributed by atoms with Crippen LogP contribution in [-0.4, -0.2) is 51.8 Å². The second-order valence-electron chi connectivity index (χ2n) is 5.62. The summed E-state index contributed by atoms with van der Waals surface area (Å²) < 4.78 is 90.6. The van der Waals surface area contributed by atoms with Gasteiger partial charge in [-0.2, -0.15) is 16.8 Å². The van der Waals surface area contributed by atoms with E-state index in [1.807, 2.05) is 0 Å². The van der Waals surface area contributed by atoms with Gasteiger partial charge < -0.3 is 10.8 Å². The van der Waals surface area contributed by atoms with Crippen molar-refractivity contribution in [3.8, 4) is 5.75 Å². The Kier molecular flexibility index (Phi) is 6.80. The molecule has 0 aliphatic rings.